The molecule has 0 aliphatic carbocycles. The quantitative estimate of drug-likeness (QED) is 0.488. The first-order chi connectivity index (χ1) is 12.9. The second-order valence-electron chi connectivity index (χ2n) is 6.79. The van der Waals surface area contributed by atoms with Gasteiger partial charge in [0.15, 0.2) is 5.78 Å². The summed E-state index contributed by atoms with van der Waals surface area (Å²) in [5.41, 5.74) is 0.0871. The van der Waals surface area contributed by atoms with Crippen LogP contribution in [0.4, 0.5) is 0 Å². The van der Waals surface area contributed by atoms with Crippen LogP contribution < -0.4 is 5.63 Å². The predicted molar refractivity (Wildman–Crippen MR) is 98.8 cm³/mol. The SMILES string of the molecule is CCOC(=O)C1CCN(Cc2c(O)ccc3cc(C(C)=O)c(=O)oc23)CC1. The van der Waals surface area contributed by atoms with Crippen molar-refractivity contribution in [3.63, 3.8) is 0 Å². The molecular weight excluding hydrogens is 350 g/mol. The molecule has 0 radical (unpaired) electrons. The Balaban J connectivity index is 1.82. The van der Waals surface area contributed by atoms with Crippen LogP contribution in [0.15, 0.2) is 27.4 Å². The van der Waals surface area contributed by atoms with Gasteiger partial charge in [-0.3, -0.25) is 14.5 Å². The van der Waals surface area contributed by atoms with Gasteiger partial charge >= 0.3 is 11.6 Å². The molecule has 0 atom stereocenters. The Morgan fingerprint density at radius 2 is 2.00 bits per heavy atom. The van der Waals surface area contributed by atoms with Crippen LogP contribution >= 0.6 is 0 Å². The summed E-state index contributed by atoms with van der Waals surface area (Å²) in [7, 11) is 0. The summed E-state index contributed by atoms with van der Waals surface area (Å²) in [4.78, 5) is 37.6. The molecule has 0 saturated carbocycles. The smallest absolute Gasteiger partial charge is 0.347 e. The van der Waals surface area contributed by atoms with E-state index in [4.69, 9.17) is 9.15 Å². The normalized spacial score (nSPS) is 15.8. The van der Waals surface area contributed by atoms with Crippen LogP contribution in [0.3, 0.4) is 0 Å². The lowest BCUT2D eigenvalue weighted by molar-refractivity contribution is -0.149. The number of hydrogen-bond donors (Lipinski definition) is 1. The molecule has 27 heavy (non-hydrogen) atoms. The molecule has 7 nitrogen and oxygen atoms in total. The molecule has 1 N–H and O–H groups in total. The van der Waals surface area contributed by atoms with Gasteiger partial charge in [-0.15, -0.1) is 0 Å². The molecule has 2 heterocycles. The fraction of sp³-hybridized carbons (Fsp3) is 0.450. The molecule has 1 aliphatic heterocycles. The van der Waals surface area contributed by atoms with Gasteiger partial charge < -0.3 is 14.3 Å². The summed E-state index contributed by atoms with van der Waals surface area (Å²) < 4.78 is 10.4. The number of carbonyl (C=O) groups is 2. The number of rotatable bonds is 5. The van der Waals surface area contributed by atoms with Gasteiger partial charge in [-0.05, 0) is 58.0 Å². The van der Waals surface area contributed by atoms with Gasteiger partial charge in [0.2, 0.25) is 0 Å². The molecule has 3 rings (SSSR count). The van der Waals surface area contributed by atoms with Gasteiger partial charge in [0, 0.05) is 11.9 Å². The Hall–Kier alpha value is -2.67. The number of fused-ring (bicyclic) bond motifs is 1. The van der Waals surface area contributed by atoms with Gasteiger partial charge in [0.05, 0.1) is 18.1 Å². The number of hydrogen-bond acceptors (Lipinski definition) is 7. The summed E-state index contributed by atoms with van der Waals surface area (Å²) in [6.07, 6.45) is 1.37. The molecule has 0 amide bonds. The molecule has 0 bridgehead atoms. The van der Waals surface area contributed by atoms with Crippen molar-refractivity contribution in [1.82, 2.24) is 4.90 Å². The van der Waals surface area contributed by atoms with E-state index in [2.05, 4.69) is 4.90 Å². The monoisotopic (exact) mass is 373 g/mol. The van der Waals surface area contributed by atoms with Crippen LogP contribution in [-0.2, 0) is 16.1 Å². The lowest BCUT2D eigenvalue weighted by Gasteiger charge is -2.31. The molecule has 1 saturated heterocycles. The maximum atomic E-state index is 12.1. The molecule has 2 aromatic rings. The highest BCUT2D eigenvalue weighted by Gasteiger charge is 2.27. The van der Waals surface area contributed by atoms with Crippen molar-refractivity contribution < 1.29 is 23.8 Å². The topological polar surface area (TPSA) is 97.0 Å². The lowest BCUT2D eigenvalue weighted by Crippen LogP contribution is -2.36. The fourth-order valence-electron chi connectivity index (χ4n) is 3.44. The minimum Gasteiger partial charge on any atom is -0.507 e. The number of ketones is 1. The van der Waals surface area contributed by atoms with Crippen LogP contribution in [0, 0.1) is 5.92 Å². The second kappa shape index (κ2) is 7.92. The zero-order chi connectivity index (χ0) is 19.6. The van der Waals surface area contributed by atoms with Crippen molar-refractivity contribution in [3.8, 4) is 5.75 Å². The van der Waals surface area contributed by atoms with Gasteiger partial charge in [-0.25, -0.2) is 4.79 Å². The van der Waals surface area contributed by atoms with Crippen molar-refractivity contribution in [2.24, 2.45) is 5.92 Å². The lowest BCUT2D eigenvalue weighted by atomic mass is 9.96. The van der Waals surface area contributed by atoms with Crippen LogP contribution in [0.5, 0.6) is 5.75 Å². The number of phenols is 1. The first-order valence-electron chi connectivity index (χ1n) is 9.09. The van der Waals surface area contributed by atoms with E-state index in [1.165, 1.54) is 19.1 Å². The summed E-state index contributed by atoms with van der Waals surface area (Å²) >= 11 is 0. The number of benzene rings is 1. The summed E-state index contributed by atoms with van der Waals surface area (Å²) in [6, 6.07) is 4.66. The standard InChI is InChI=1S/C20H23NO6/c1-3-26-19(24)13-6-8-21(9-7-13)11-16-17(23)5-4-14-10-15(12(2)22)20(25)27-18(14)16/h4-5,10,13,23H,3,6-9,11H2,1-2H3. The average molecular weight is 373 g/mol. The first-order valence-corrected chi connectivity index (χ1v) is 9.09. The molecule has 0 unspecified atom stereocenters. The third-order valence-corrected chi connectivity index (χ3v) is 4.95. The number of likely N-dealkylation sites (tertiary alicyclic amines) is 1. The van der Waals surface area contributed by atoms with E-state index in [0.29, 0.717) is 50.0 Å². The molecule has 0 spiro atoms. The minimum absolute atomic E-state index is 0.00519. The van der Waals surface area contributed by atoms with Gasteiger partial charge in [0.1, 0.15) is 16.9 Å². The van der Waals surface area contributed by atoms with Crippen molar-refractivity contribution in [1.29, 1.82) is 0 Å². The van der Waals surface area contributed by atoms with E-state index in [0.717, 1.165) is 0 Å². The first kappa shape index (κ1) is 19.1. The van der Waals surface area contributed by atoms with Gasteiger partial charge in [-0.2, -0.15) is 0 Å². The average Bonchev–Trinajstić information content (AvgIpc) is 2.64. The molecular formula is C20H23NO6. The molecule has 144 valence electrons. The number of Topliss-reactive ketones (excluding diaryl/α,β-unsaturated/α-hetero) is 1. The number of ether oxygens (including phenoxy) is 1. The van der Waals surface area contributed by atoms with Crippen LogP contribution in [0.2, 0.25) is 0 Å². The molecule has 1 aromatic heterocycles. The van der Waals surface area contributed by atoms with Crippen molar-refractivity contribution in [2.45, 2.75) is 33.2 Å². The van der Waals surface area contributed by atoms with Crippen LogP contribution in [0.1, 0.15) is 42.6 Å². The van der Waals surface area contributed by atoms with E-state index in [-0.39, 0.29) is 34.6 Å². The summed E-state index contributed by atoms with van der Waals surface area (Å²) in [5.74, 6) is -0.582. The molecule has 1 fully saturated rings. The van der Waals surface area contributed by atoms with Crippen molar-refractivity contribution >= 4 is 22.7 Å². The van der Waals surface area contributed by atoms with E-state index in [9.17, 15) is 19.5 Å². The van der Waals surface area contributed by atoms with Gasteiger partial charge in [0.25, 0.3) is 0 Å². The fourth-order valence-corrected chi connectivity index (χ4v) is 3.44. The zero-order valence-electron chi connectivity index (χ0n) is 15.5. The van der Waals surface area contributed by atoms with Gasteiger partial charge in [-0.1, -0.05) is 0 Å². The number of esters is 1. The summed E-state index contributed by atoms with van der Waals surface area (Å²) in [5, 5.41) is 10.9. The van der Waals surface area contributed by atoms with Crippen LogP contribution in [0.25, 0.3) is 11.0 Å². The van der Waals surface area contributed by atoms with E-state index in [1.54, 1.807) is 13.0 Å². The Morgan fingerprint density at radius 3 is 2.63 bits per heavy atom. The Kier molecular flexibility index (Phi) is 5.60. The third-order valence-electron chi connectivity index (χ3n) is 4.95. The Bertz CT molecular complexity index is 924. The highest BCUT2D eigenvalue weighted by Crippen LogP contribution is 2.30. The molecule has 1 aliphatic rings. The van der Waals surface area contributed by atoms with E-state index >= 15 is 0 Å². The number of piperidine rings is 1. The number of nitrogens with zero attached hydrogens (tertiary/aromatic N) is 1. The van der Waals surface area contributed by atoms with Crippen molar-refractivity contribution in [2.75, 3.05) is 19.7 Å². The van der Waals surface area contributed by atoms with E-state index < -0.39 is 5.63 Å². The maximum Gasteiger partial charge on any atom is 0.347 e. The highest BCUT2D eigenvalue weighted by molar-refractivity contribution is 5.97. The molecule has 7 heteroatoms. The van der Waals surface area contributed by atoms with Crippen LogP contribution in [-0.4, -0.2) is 41.5 Å². The van der Waals surface area contributed by atoms with E-state index in [1.807, 2.05) is 0 Å². The Labute approximate surface area is 156 Å². The Morgan fingerprint density at radius 1 is 1.30 bits per heavy atom. The minimum atomic E-state index is -0.706. The maximum absolute atomic E-state index is 12.1. The molecule has 1 aromatic carbocycles. The largest absolute Gasteiger partial charge is 0.507 e. The third kappa shape index (κ3) is 4.03. The summed E-state index contributed by atoms with van der Waals surface area (Å²) in [6.45, 7) is 5.23. The highest BCUT2D eigenvalue weighted by atomic mass is 16.5. The zero-order valence-corrected chi connectivity index (χ0v) is 15.5. The number of carbonyl (C=O) groups excluding carboxylic acids is 2. The number of aromatic hydroxyl groups is 1. The predicted octanol–water partition coefficient (Wildman–Crippen LogP) is 2.48. The van der Waals surface area contributed by atoms with Crippen molar-refractivity contribution in [3.05, 3.63) is 39.7 Å². The second-order valence-corrected chi connectivity index (χ2v) is 6.79. The number of phenolic OH excluding ortho intramolecular Hbond substituents is 1.